The van der Waals surface area contributed by atoms with Crippen LogP contribution in [0.25, 0.3) is 0 Å². The summed E-state index contributed by atoms with van der Waals surface area (Å²) in [6.45, 7) is 3.32. The number of hydrogen-bond acceptors (Lipinski definition) is 3. The van der Waals surface area contributed by atoms with Crippen molar-refractivity contribution in [2.45, 2.75) is 18.7 Å². The molecule has 0 radical (unpaired) electrons. The molecule has 0 fully saturated rings. The third-order valence-corrected chi connectivity index (χ3v) is 6.56. The molecular weight excluding hydrogens is 443 g/mol. The Bertz CT molecular complexity index is 1160. The maximum atomic E-state index is 13.4. The number of benzene rings is 3. The lowest BCUT2D eigenvalue weighted by atomic mass is 10.2. The molecule has 0 spiro atoms. The van der Waals surface area contributed by atoms with Gasteiger partial charge in [0.05, 0.1) is 10.6 Å². The smallest absolute Gasteiger partial charge is 0.264 e. The summed E-state index contributed by atoms with van der Waals surface area (Å²) in [5.74, 6) is -0.523. The molecule has 0 aliphatic heterocycles. The number of carbonyl (C=O) groups is 1. The standard InChI is InChI=1S/C22H20Cl2N2O3S/c1-15-6-8-21(9-7-15)30(28,29)26(20-5-3-4-16(2)10-20)14-22(27)25-19-12-17(23)11-18(24)13-19/h3-13H,14H2,1-2H3,(H,25,27). The first-order chi connectivity index (χ1) is 14.1. The zero-order valence-electron chi connectivity index (χ0n) is 16.4. The van der Waals surface area contributed by atoms with Gasteiger partial charge in [-0.25, -0.2) is 8.42 Å². The highest BCUT2D eigenvalue weighted by atomic mass is 35.5. The number of hydrogen-bond donors (Lipinski definition) is 1. The molecule has 0 atom stereocenters. The fourth-order valence-electron chi connectivity index (χ4n) is 2.89. The van der Waals surface area contributed by atoms with E-state index in [1.807, 2.05) is 19.9 Å². The van der Waals surface area contributed by atoms with Crippen molar-refractivity contribution in [3.05, 3.63) is 87.9 Å². The monoisotopic (exact) mass is 462 g/mol. The van der Waals surface area contributed by atoms with Gasteiger partial charge in [-0.2, -0.15) is 0 Å². The molecular formula is C22H20Cl2N2O3S. The van der Waals surface area contributed by atoms with Crippen LogP contribution < -0.4 is 9.62 Å². The van der Waals surface area contributed by atoms with Gasteiger partial charge in [0, 0.05) is 15.7 Å². The minimum absolute atomic E-state index is 0.105. The van der Waals surface area contributed by atoms with Gasteiger partial charge in [-0.1, -0.05) is 53.0 Å². The molecule has 0 saturated carbocycles. The summed E-state index contributed by atoms with van der Waals surface area (Å²) in [4.78, 5) is 12.8. The molecule has 1 N–H and O–H groups in total. The van der Waals surface area contributed by atoms with Crippen LogP contribution in [0.15, 0.2) is 71.6 Å². The molecule has 3 aromatic carbocycles. The Morgan fingerprint density at radius 3 is 2.13 bits per heavy atom. The van der Waals surface area contributed by atoms with Crippen molar-refractivity contribution in [3.63, 3.8) is 0 Å². The first kappa shape index (κ1) is 22.2. The Morgan fingerprint density at radius 1 is 0.900 bits per heavy atom. The van der Waals surface area contributed by atoms with E-state index in [9.17, 15) is 13.2 Å². The van der Waals surface area contributed by atoms with Gasteiger partial charge in [0.15, 0.2) is 0 Å². The highest BCUT2D eigenvalue weighted by Crippen LogP contribution is 2.26. The number of halogens is 2. The first-order valence-electron chi connectivity index (χ1n) is 9.07. The van der Waals surface area contributed by atoms with E-state index in [4.69, 9.17) is 23.2 Å². The summed E-state index contributed by atoms with van der Waals surface area (Å²) in [5.41, 5.74) is 2.59. The van der Waals surface area contributed by atoms with Crippen molar-refractivity contribution in [1.82, 2.24) is 0 Å². The van der Waals surface area contributed by atoms with E-state index in [1.165, 1.54) is 24.3 Å². The van der Waals surface area contributed by atoms with Crippen molar-refractivity contribution in [2.75, 3.05) is 16.2 Å². The van der Waals surface area contributed by atoms with E-state index in [-0.39, 0.29) is 4.90 Å². The van der Waals surface area contributed by atoms with Crippen LogP contribution in [-0.4, -0.2) is 20.9 Å². The molecule has 0 saturated heterocycles. The van der Waals surface area contributed by atoms with Gasteiger partial charge in [0.2, 0.25) is 5.91 Å². The molecule has 5 nitrogen and oxygen atoms in total. The summed E-state index contributed by atoms with van der Waals surface area (Å²) < 4.78 is 27.8. The van der Waals surface area contributed by atoms with Crippen LogP contribution in [0.2, 0.25) is 10.0 Å². The molecule has 30 heavy (non-hydrogen) atoms. The molecule has 0 aliphatic rings. The highest BCUT2D eigenvalue weighted by Gasteiger charge is 2.27. The van der Waals surface area contributed by atoms with Crippen molar-refractivity contribution in [3.8, 4) is 0 Å². The van der Waals surface area contributed by atoms with Crippen molar-refractivity contribution in [2.24, 2.45) is 0 Å². The average molecular weight is 463 g/mol. The van der Waals surface area contributed by atoms with Gasteiger partial charge in [-0.05, 0) is 61.9 Å². The Balaban J connectivity index is 1.95. The summed E-state index contributed by atoms with van der Waals surface area (Å²) >= 11 is 12.0. The maximum Gasteiger partial charge on any atom is 0.264 e. The quantitative estimate of drug-likeness (QED) is 0.529. The number of carbonyl (C=O) groups excluding carboxylic acids is 1. The average Bonchev–Trinajstić information content (AvgIpc) is 2.65. The Kier molecular flexibility index (Phi) is 6.71. The lowest BCUT2D eigenvalue weighted by Crippen LogP contribution is -2.38. The third kappa shape index (κ3) is 5.33. The normalized spacial score (nSPS) is 11.2. The summed E-state index contributed by atoms with van der Waals surface area (Å²) in [7, 11) is -3.97. The second-order valence-corrected chi connectivity index (χ2v) is 9.61. The largest absolute Gasteiger partial charge is 0.324 e. The van der Waals surface area contributed by atoms with E-state index >= 15 is 0 Å². The van der Waals surface area contributed by atoms with Crippen LogP contribution in [-0.2, 0) is 14.8 Å². The number of rotatable bonds is 6. The van der Waals surface area contributed by atoms with Gasteiger partial charge < -0.3 is 5.32 Å². The third-order valence-electron chi connectivity index (χ3n) is 4.33. The van der Waals surface area contributed by atoms with E-state index in [0.717, 1.165) is 15.4 Å². The SMILES string of the molecule is Cc1ccc(S(=O)(=O)N(CC(=O)Nc2cc(Cl)cc(Cl)c2)c2cccc(C)c2)cc1. The summed E-state index contributed by atoms with van der Waals surface area (Å²) in [5, 5.41) is 3.38. The van der Waals surface area contributed by atoms with Gasteiger partial charge in [0.25, 0.3) is 10.0 Å². The fraction of sp³-hybridized carbons (Fsp3) is 0.136. The number of amides is 1. The summed E-state index contributed by atoms with van der Waals surface area (Å²) in [6, 6.07) is 18.1. The first-order valence-corrected chi connectivity index (χ1v) is 11.3. The number of nitrogens with one attached hydrogen (secondary N) is 1. The summed E-state index contributed by atoms with van der Waals surface area (Å²) in [6.07, 6.45) is 0. The molecule has 156 valence electrons. The minimum Gasteiger partial charge on any atom is -0.324 e. The van der Waals surface area contributed by atoms with Gasteiger partial charge in [0.1, 0.15) is 6.54 Å². The van der Waals surface area contributed by atoms with Crippen LogP contribution in [0.1, 0.15) is 11.1 Å². The lowest BCUT2D eigenvalue weighted by Gasteiger charge is -2.24. The topological polar surface area (TPSA) is 66.5 Å². The second-order valence-electron chi connectivity index (χ2n) is 6.87. The predicted octanol–water partition coefficient (Wildman–Crippen LogP) is 5.44. The molecule has 3 aromatic rings. The van der Waals surface area contributed by atoms with Crippen molar-refractivity contribution >= 4 is 50.5 Å². The molecule has 0 aliphatic carbocycles. The van der Waals surface area contributed by atoms with Crippen LogP contribution in [0.5, 0.6) is 0 Å². The number of sulfonamides is 1. The van der Waals surface area contributed by atoms with Crippen LogP contribution >= 0.6 is 23.2 Å². The Morgan fingerprint density at radius 2 is 1.53 bits per heavy atom. The number of aryl methyl sites for hydroxylation is 2. The van der Waals surface area contributed by atoms with E-state index in [0.29, 0.717) is 21.4 Å². The minimum atomic E-state index is -3.97. The highest BCUT2D eigenvalue weighted by molar-refractivity contribution is 7.92. The van der Waals surface area contributed by atoms with E-state index in [2.05, 4.69) is 5.32 Å². The van der Waals surface area contributed by atoms with Crippen molar-refractivity contribution < 1.29 is 13.2 Å². The fourth-order valence-corrected chi connectivity index (χ4v) is 4.83. The van der Waals surface area contributed by atoms with Crippen LogP contribution in [0.3, 0.4) is 0 Å². The maximum absolute atomic E-state index is 13.4. The lowest BCUT2D eigenvalue weighted by molar-refractivity contribution is -0.114. The zero-order valence-corrected chi connectivity index (χ0v) is 18.7. The molecule has 0 bridgehead atoms. The van der Waals surface area contributed by atoms with Crippen LogP contribution in [0, 0.1) is 13.8 Å². The van der Waals surface area contributed by atoms with Gasteiger partial charge in [-0.3, -0.25) is 9.10 Å². The molecule has 0 heterocycles. The van der Waals surface area contributed by atoms with Gasteiger partial charge >= 0.3 is 0 Å². The number of nitrogens with zero attached hydrogens (tertiary/aromatic N) is 1. The molecule has 0 aromatic heterocycles. The predicted molar refractivity (Wildman–Crippen MR) is 122 cm³/mol. The molecule has 0 unspecified atom stereocenters. The number of anilines is 2. The molecule has 8 heteroatoms. The molecule has 3 rings (SSSR count). The zero-order chi connectivity index (χ0) is 21.9. The van der Waals surface area contributed by atoms with Gasteiger partial charge in [-0.15, -0.1) is 0 Å². The van der Waals surface area contributed by atoms with Crippen molar-refractivity contribution in [1.29, 1.82) is 0 Å². The van der Waals surface area contributed by atoms with E-state index in [1.54, 1.807) is 36.4 Å². The van der Waals surface area contributed by atoms with Crippen LogP contribution in [0.4, 0.5) is 11.4 Å². The second kappa shape index (κ2) is 9.08. The molecule has 1 amide bonds. The Labute approximate surface area is 186 Å². The Hall–Kier alpha value is -2.54. The van der Waals surface area contributed by atoms with E-state index < -0.39 is 22.5 Å².